The molecule has 0 radical (unpaired) electrons. The van der Waals surface area contributed by atoms with E-state index < -0.39 is 0 Å². The highest BCUT2D eigenvalue weighted by Crippen LogP contribution is 2.39. The molecule has 0 amide bonds. The van der Waals surface area contributed by atoms with Gasteiger partial charge in [0.15, 0.2) is 0 Å². The van der Waals surface area contributed by atoms with Gasteiger partial charge >= 0.3 is 0 Å². The SMILES string of the molecule is C=C(C)C(C=CC)(C(=C)C)c1cccc(NO)c1. The standard InChI is InChI=1S/C16H21NO/c1-6-10-16(12(2)3,13(4)5)14-8-7-9-15(11-14)17-18/h6-11,17-18H,2,4H2,1,3,5H3. The summed E-state index contributed by atoms with van der Waals surface area (Å²) in [6.07, 6.45) is 4.09. The van der Waals surface area contributed by atoms with E-state index >= 15 is 0 Å². The van der Waals surface area contributed by atoms with Crippen LogP contribution >= 0.6 is 0 Å². The first-order valence-electron chi connectivity index (χ1n) is 5.95. The maximum Gasteiger partial charge on any atom is 0.0605 e. The summed E-state index contributed by atoms with van der Waals surface area (Å²) in [6.45, 7) is 14.2. The van der Waals surface area contributed by atoms with Crippen LogP contribution in [0.5, 0.6) is 0 Å². The number of anilines is 1. The first-order chi connectivity index (χ1) is 8.48. The van der Waals surface area contributed by atoms with Gasteiger partial charge in [-0.15, -0.1) is 0 Å². The van der Waals surface area contributed by atoms with Crippen molar-refractivity contribution in [1.29, 1.82) is 0 Å². The Labute approximate surface area is 109 Å². The maximum absolute atomic E-state index is 9.02. The Kier molecular flexibility index (Phi) is 4.51. The first-order valence-corrected chi connectivity index (χ1v) is 5.95. The minimum Gasteiger partial charge on any atom is -0.291 e. The molecule has 18 heavy (non-hydrogen) atoms. The molecular formula is C16H21NO. The highest BCUT2D eigenvalue weighted by Gasteiger charge is 2.31. The van der Waals surface area contributed by atoms with E-state index in [4.69, 9.17) is 5.21 Å². The van der Waals surface area contributed by atoms with Crippen molar-refractivity contribution in [2.45, 2.75) is 26.2 Å². The summed E-state index contributed by atoms with van der Waals surface area (Å²) in [5.74, 6) is 0. The number of benzene rings is 1. The smallest absolute Gasteiger partial charge is 0.0605 e. The molecule has 0 aliphatic heterocycles. The third-order valence-corrected chi connectivity index (χ3v) is 3.21. The molecule has 0 atom stereocenters. The topological polar surface area (TPSA) is 32.3 Å². The third-order valence-electron chi connectivity index (χ3n) is 3.21. The van der Waals surface area contributed by atoms with Gasteiger partial charge in [0.1, 0.15) is 0 Å². The summed E-state index contributed by atoms with van der Waals surface area (Å²) < 4.78 is 0. The Bertz CT molecular complexity index is 472. The Hall–Kier alpha value is -1.80. The molecule has 96 valence electrons. The van der Waals surface area contributed by atoms with Gasteiger partial charge in [-0.2, -0.15) is 0 Å². The van der Waals surface area contributed by atoms with Crippen LogP contribution in [-0.4, -0.2) is 5.21 Å². The molecule has 2 heteroatoms. The lowest BCUT2D eigenvalue weighted by atomic mass is 9.70. The van der Waals surface area contributed by atoms with Crippen molar-refractivity contribution in [2.24, 2.45) is 0 Å². The van der Waals surface area contributed by atoms with Crippen LogP contribution in [0.2, 0.25) is 0 Å². The van der Waals surface area contributed by atoms with Crippen molar-refractivity contribution in [3.8, 4) is 0 Å². The minimum absolute atomic E-state index is 0.387. The van der Waals surface area contributed by atoms with Gasteiger partial charge in [-0.1, -0.05) is 48.6 Å². The second-order valence-corrected chi connectivity index (χ2v) is 4.56. The van der Waals surface area contributed by atoms with E-state index in [0.717, 1.165) is 16.7 Å². The van der Waals surface area contributed by atoms with Gasteiger partial charge in [-0.05, 0) is 38.5 Å². The van der Waals surface area contributed by atoms with Gasteiger partial charge in [-0.25, -0.2) is 0 Å². The van der Waals surface area contributed by atoms with Crippen LogP contribution in [0.1, 0.15) is 26.3 Å². The fraction of sp³-hybridized carbons (Fsp3) is 0.250. The average molecular weight is 243 g/mol. The first kappa shape index (κ1) is 14.3. The lowest BCUT2D eigenvalue weighted by Gasteiger charge is -2.33. The quantitative estimate of drug-likeness (QED) is 0.591. The largest absolute Gasteiger partial charge is 0.291 e. The molecule has 0 aliphatic carbocycles. The molecule has 0 saturated heterocycles. The highest BCUT2D eigenvalue weighted by molar-refractivity contribution is 5.55. The minimum atomic E-state index is -0.387. The van der Waals surface area contributed by atoms with Crippen molar-refractivity contribution in [3.63, 3.8) is 0 Å². The van der Waals surface area contributed by atoms with E-state index in [0.29, 0.717) is 5.69 Å². The number of nitrogens with one attached hydrogen (secondary N) is 1. The molecular weight excluding hydrogens is 222 g/mol. The van der Waals surface area contributed by atoms with E-state index in [1.54, 1.807) is 6.07 Å². The maximum atomic E-state index is 9.02. The molecule has 2 N–H and O–H groups in total. The Balaban J connectivity index is 3.51. The Morgan fingerprint density at radius 2 is 1.89 bits per heavy atom. The van der Waals surface area contributed by atoms with E-state index in [1.807, 2.05) is 45.0 Å². The predicted octanol–water partition coefficient (Wildman–Crippen LogP) is 4.45. The molecule has 0 spiro atoms. The van der Waals surface area contributed by atoms with Gasteiger partial charge in [0.25, 0.3) is 0 Å². The van der Waals surface area contributed by atoms with Crippen molar-refractivity contribution >= 4 is 5.69 Å². The predicted molar refractivity (Wildman–Crippen MR) is 78.0 cm³/mol. The van der Waals surface area contributed by atoms with Gasteiger partial charge in [-0.3, -0.25) is 10.7 Å². The van der Waals surface area contributed by atoms with E-state index in [-0.39, 0.29) is 5.41 Å². The van der Waals surface area contributed by atoms with Crippen molar-refractivity contribution < 1.29 is 5.21 Å². The van der Waals surface area contributed by atoms with Crippen LogP contribution in [0.4, 0.5) is 5.69 Å². The molecule has 0 saturated carbocycles. The lowest BCUT2D eigenvalue weighted by Crippen LogP contribution is -2.26. The molecule has 0 aromatic heterocycles. The van der Waals surface area contributed by atoms with Gasteiger partial charge < -0.3 is 0 Å². The molecule has 0 fully saturated rings. The van der Waals surface area contributed by atoms with Crippen LogP contribution < -0.4 is 5.48 Å². The molecule has 0 bridgehead atoms. The zero-order valence-electron chi connectivity index (χ0n) is 11.3. The van der Waals surface area contributed by atoms with E-state index in [9.17, 15) is 0 Å². The number of hydrogen-bond donors (Lipinski definition) is 2. The summed E-state index contributed by atoms with van der Waals surface area (Å²) in [5.41, 5.74) is 5.49. The van der Waals surface area contributed by atoms with Crippen molar-refractivity contribution in [2.75, 3.05) is 5.48 Å². The van der Waals surface area contributed by atoms with Crippen LogP contribution in [0.15, 0.2) is 60.7 Å². The normalized spacial score (nSPS) is 11.6. The summed E-state index contributed by atoms with van der Waals surface area (Å²) in [6, 6.07) is 7.63. The molecule has 0 aliphatic rings. The van der Waals surface area contributed by atoms with E-state index in [2.05, 4.69) is 24.7 Å². The van der Waals surface area contributed by atoms with Crippen LogP contribution in [0.3, 0.4) is 0 Å². The van der Waals surface area contributed by atoms with E-state index in [1.165, 1.54) is 0 Å². The number of allylic oxidation sites excluding steroid dienone is 4. The van der Waals surface area contributed by atoms with Crippen LogP contribution in [0.25, 0.3) is 0 Å². The third kappa shape index (κ3) is 2.39. The summed E-state index contributed by atoms with van der Waals surface area (Å²) >= 11 is 0. The fourth-order valence-electron chi connectivity index (χ4n) is 2.32. The molecule has 2 nitrogen and oxygen atoms in total. The lowest BCUT2D eigenvalue weighted by molar-refractivity contribution is 0.389. The summed E-state index contributed by atoms with van der Waals surface area (Å²) in [4.78, 5) is 0. The van der Waals surface area contributed by atoms with Crippen LogP contribution in [-0.2, 0) is 5.41 Å². The van der Waals surface area contributed by atoms with Crippen molar-refractivity contribution in [1.82, 2.24) is 0 Å². The summed E-state index contributed by atoms with van der Waals surface area (Å²) in [7, 11) is 0. The zero-order chi connectivity index (χ0) is 13.8. The average Bonchev–Trinajstić information content (AvgIpc) is 2.35. The Morgan fingerprint density at radius 3 is 2.33 bits per heavy atom. The monoisotopic (exact) mass is 243 g/mol. The van der Waals surface area contributed by atoms with Crippen LogP contribution in [0, 0.1) is 0 Å². The highest BCUT2D eigenvalue weighted by atomic mass is 16.5. The molecule has 1 aromatic carbocycles. The molecule has 1 aromatic rings. The number of rotatable bonds is 5. The number of hydrogen-bond acceptors (Lipinski definition) is 2. The van der Waals surface area contributed by atoms with Gasteiger partial charge in [0.2, 0.25) is 0 Å². The van der Waals surface area contributed by atoms with Crippen molar-refractivity contribution in [3.05, 3.63) is 66.3 Å². The molecule has 0 heterocycles. The second-order valence-electron chi connectivity index (χ2n) is 4.56. The zero-order valence-corrected chi connectivity index (χ0v) is 11.3. The molecule has 0 unspecified atom stereocenters. The summed E-state index contributed by atoms with van der Waals surface area (Å²) in [5, 5.41) is 9.02. The second kappa shape index (κ2) is 5.69. The molecule has 1 rings (SSSR count). The van der Waals surface area contributed by atoms with Gasteiger partial charge in [0.05, 0.1) is 11.1 Å². The van der Waals surface area contributed by atoms with Gasteiger partial charge in [0, 0.05) is 0 Å². The fourth-order valence-corrected chi connectivity index (χ4v) is 2.32. The Morgan fingerprint density at radius 1 is 1.28 bits per heavy atom.